The Morgan fingerprint density at radius 3 is 2.75 bits per heavy atom. The highest BCUT2D eigenvalue weighted by Gasteiger charge is 2.35. The minimum Gasteiger partial charge on any atom is -0.480 e. The van der Waals surface area contributed by atoms with E-state index in [2.05, 4.69) is 27.2 Å². The Balaban J connectivity index is 3.17. The van der Waals surface area contributed by atoms with Crippen molar-refractivity contribution in [3.63, 3.8) is 0 Å². The number of carboxylic acids is 1. The van der Waals surface area contributed by atoms with E-state index >= 15 is 0 Å². The summed E-state index contributed by atoms with van der Waals surface area (Å²) in [5.74, 6) is 1.41. The quantitative estimate of drug-likeness (QED) is 0.830. The Morgan fingerprint density at radius 2 is 2.25 bits per heavy atom. The van der Waals surface area contributed by atoms with Gasteiger partial charge in [-0.3, -0.25) is 5.32 Å². The molecule has 0 amide bonds. The summed E-state index contributed by atoms with van der Waals surface area (Å²) in [5.41, 5.74) is -0.537. The lowest BCUT2D eigenvalue weighted by Crippen LogP contribution is -2.47. The van der Waals surface area contributed by atoms with Crippen molar-refractivity contribution in [1.29, 1.82) is 0 Å². The summed E-state index contributed by atoms with van der Waals surface area (Å²) in [6.45, 7) is 1.79. The summed E-state index contributed by atoms with van der Waals surface area (Å²) >= 11 is 3.34. The summed E-state index contributed by atoms with van der Waals surface area (Å²) in [6, 6.07) is 7.17. The highest BCUT2D eigenvalue weighted by Crippen LogP contribution is 2.28. The number of carbonyl (C=O) groups is 1. The van der Waals surface area contributed by atoms with E-state index in [9.17, 15) is 9.90 Å². The van der Waals surface area contributed by atoms with E-state index in [1.54, 1.807) is 25.1 Å². The maximum Gasteiger partial charge on any atom is 0.328 e. The van der Waals surface area contributed by atoms with Gasteiger partial charge >= 0.3 is 5.97 Å². The maximum absolute atomic E-state index is 11.3. The molecule has 0 fully saturated rings. The van der Waals surface area contributed by atoms with Crippen LogP contribution >= 0.6 is 15.9 Å². The van der Waals surface area contributed by atoms with E-state index in [1.165, 1.54) is 0 Å². The van der Waals surface area contributed by atoms with Crippen molar-refractivity contribution >= 4 is 21.9 Å². The molecular weight excluding hydrogens is 270 g/mol. The molecule has 4 heteroatoms. The predicted molar refractivity (Wildman–Crippen MR) is 66.0 cm³/mol. The SMILES string of the molecule is C#CCNC(C)(C(=O)O)c1ccccc1Br. The van der Waals surface area contributed by atoms with Gasteiger partial charge in [0.2, 0.25) is 0 Å². The van der Waals surface area contributed by atoms with E-state index in [4.69, 9.17) is 6.42 Å². The van der Waals surface area contributed by atoms with Crippen molar-refractivity contribution in [3.05, 3.63) is 34.3 Å². The smallest absolute Gasteiger partial charge is 0.328 e. The van der Waals surface area contributed by atoms with Crippen LogP contribution < -0.4 is 5.32 Å². The number of aliphatic carboxylic acids is 1. The van der Waals surface area contributed by atoms with Crippen molar-refractivity contribution in [1.82, 2.24) is 5.32 Å². The summed E-state index contributed by atoms with van der Waals surface area (Å²) in [7, 11) is 0. The van der Waals surface area contributed by atoms with Crippen molar-refractivity contribution in [3.8, 4) is 12.3 Å². The molecule has 3 nitrogen and oxygen atoms in total. The van der Waals surface area contributed by atoms with Gasteiger partial charge < -0.3 is 5.11 Å². The lowest BCUT2D eigenvalue weighted by molar-refractivity contribution is -0.144. The Kier molecular flexibility index (Phi) is 4.11. The molecular formula is C12H12BrNO2. The van der Waals surface area contributed by atoms with Crippen LogP contribution in [0.15, 0.2) is 28.7 Å². The molecule has 0 radical (unpaired) electrons. The lowest BCUT2D eigenvalue weighted by Gasteiger charge is -2.26. The predicted octanol–water partition coefficient (Wildman–Crippen LogP) is 1.97. The first-order valence-electron chi connectivity index (χ1n) is 4.69. The third-order valence-corrected chi connectivity index (χ3v) is 3.08. The lowest BCUT2D eigenvalue weighted by atomic mass is 9.92. The molecule has 0 aliphatic heterocycles. The van der Waals surface area contributed by atoms with Crippen molar-refractivity contribution in [2.45, 2.75) is 12.5 Å². The molecule has 0 saturated carbocycles. The molecule has 84 valence electrons. The zero-order chi connectivity index (χ0) is 12.2. The number of carboxylic acid groups (broad SMARTS) is 1. The van der Waals surface area contributed by atoms with Crippen molar-refractivity contribution in [2.24, 2.45) is 0 Å². The zero-order valence-electron chi connectivity index (χ0n) is 8.83. The minimum atomic E-state index is -1.19. The van der Waals surface area contributed by atoms with Crippen LogP contribution in [0.4, 0.5) is 0 Å². The molecule has 0 bridgehead atoms. The van der Waals surface area contributed by atoms with Gasteiger partial charge in [0.05, 0.1) is 6.54 Å². The zero-order valence-corrected chi connectivity index (χ0v) is 10.4. The molecule has 1 atom stereocenters. The van der Waals surface area contributed by atoms with Gasteiger partial charge in [0, 0.05) is 4.47 Å². The van der Waals surface area contributed by atoms with Gasteiger partial charge in [-0.1, -0.05) is 40.0 Å². The summed E-state index contributed by atoms with van der Waals surface area (Å²) in [4.78, 5) is 11.3. The number of rotatable bonds is 4. The van der Waals surface area contributed by atoms with Crippen LogP contribution in [0.5, 0.6) is 0 Å². The molecule has 16 heavy (non-hydrogen) atoms. The van der Waals surface area contributed by atoms with Crippen LogP contribution in [0, 0.1) is 12.3 Å². The van der Waals surface area contributed by atoms with E-state index < -0.39 is 11.5 Å². The van der Waals surface area contributed by atoms with Gasteiger partial charge in [0.25, 0.3) is 0 Å². The number of hydrogen-bond donors (Lipinski definition) is 2. The van der Waals surface area contributed by atoms with Crippen LogP contribution in [-0.4, -0.2) is 17.6 Å². The van der Waals surface area contributed by atoms with E-state index in [-0.39, 0.29) is 6.54 Å². The second kappa shape index (κ2) is 5.15. The topological polar surface area (TPSA) is 49.3 Å². The van der Waals surface area contributed by atoms with Crippen LogP contribution in [0.25, 0.3) is 0 Å². The minimum absolute atomic E-state index is 0.199. The Morgan fingerprint density at radius 1 is 1.62 bits per heavy atom. The highest BCUT2D eigenvalue weighted by molar-refractivity contribution is 9.10. The molecule has 0 aromatic heterocycles. The molecule has 1 aromatic rings. The normalized spacial score (nSPS) is 13.8. The fraction of sp³-hybridized carbons (Fsp3) is 0.250. The van der Waals surface area contributed by atoms with Gasteiger partial charge in [-0.15, -0.1) is 6.42 Å². The van der Waals surface area contributed by atoms with Crippen molar-refractivity contribution < 1.29 is 9.90 Å². The first-order chi connectivity index (χ1) is 7.52. The van der Waals surface area contributed by atoms with Gasteiger partial charge in [-0.25, -0.2) is 4.79 Å². The van der Waals surface area contributed by atoms with Gasteiger partial charge in [-0.2, -0.15) is 0 Å². The summed E-state index contributed by atoms with van der Waals surface area (Å²) in [6.07, 6.45) is 5.13. The first-order valence-corrected chi connectivity index (χ1v) is 5.48. The standard InChI is InChI=1S/C12H12BrNO2/c1-3-8-14-12(2,11(15)16)9-6-4-5-7-10(9)13/h1,4-7,14H,8H2,2H3,(H,15,16). The molecule has 0 spiro atoms. The van der Waals surface area contributed by atoms with Crippen LogP contribution in [0.2, 0.25) is 0 Å². The van der Waals surface area contributed by atoms with E-state index in [0.717, 1.165) is 4.47 Å². The third-order valence-electron chi connectivity index (χ3n) is 2.38. The summed E-state index contributed by atoms with van der Waals surface area (Å²) < 4.78 is 0.740. The van der Waals surface area contributed by atoms with Crippen LogP contribution in [-0.2, 0) is 10.3 Å². The number of nitrogens with one attached hydrogen (secondary N) is 1. The number of halogens is 1. The molecule has 0 aliphatic carbocycles. The molecule has 0 aliphatic rings. The molecule has 1 unspecified atom stereocenters. The molecule has 0 heterocycles. The maximum atomic E-state index is 11.3. The van der Waals surface area contributed by atoms with Gasteiger partial charge in [0.15, 0.2) is 0 Å². The second-order valence-corrected chi connectivity index (χ2v) is 4.32. The average Bonchev–Trinajstić information content (AvgIpc) is 2.26. The highest BCUT2D eigenvalue weighted by atomic mass is 79.9. The first kappa shape index (κ1) is 12.8. The average molecular weight is 282 g/mol. The van der Waals surface area contributed by atoms with Crippen LogP contribution in [0.1, 0.15) is 12.5 Å². The van der Waals surface area contributed by atoms with Crippen molar-refractivity contribution in [2.75, 3.05) is 6.54 Å². The van der Waals surface area contributed by atoms with E-state index in [1.807, 2.05) is 6.07 Å². The van der Waals surface area contributed by atoms with E-state index in [0.29, 0.717) is 5.56 Å². The largest absolute Gasteiger partial charge is 0.480 e. The molecule has 0 saturated heterocycles. The Bertz CT molecular complexity index is 439. The van der Waals surface area contributed by atoms with Gasteiger partial charge in [-0.05, 0) is 18.6 Å². The fourth-order valence-corrected chi connectivity index (χ4v) is 2.06. The number of terminal acetylenes is 1. The van der Waals surface area contributed by atoms with Crippen LogP contribution in [0.3, 0.4) is 0 Å². The third kappa shape index (κ3) is 2.43. The molecule has 2 N–H and O–H groups in total. The Hall–Kier alpha value is -1.31. The summed E-state index contributed by atoms with van der Waals surface area (Å²) in [5, 5.41) is 12.1. The Labute approximate surface area is 103 Å². The fourth-order valence-electron chi connectivity index (χ4n) is 1.38. The molecule has 1 rings (SSSR count). The second-order valence-electron chi connectivity index (χ2n) is 3.47. The van der Waals surface area contributed by atoms with Gasteiger partial charge in [0.1, 0.15) is 5.54 Å². The monoisotopic (exact) mass is 281 g/mol. The molecule has 1 aromatic carbocycles. The number of hydrogen-bond acceptors (Lipinski definition) is 2. The number of benzene rings is 1.